The molecule has 33 heavy (non-hydrogen) atoms. The maximum Gasteiger partial charge on any atom is 0.422 e. The molecule has 3 aromatic carbocycles. The second-order valence-electron chi connectivity index (χ2n) is 7.77. The van der Waals surface area contributed by atoms with Crippen LogP contribution in [0.3, 0.4) is 0 Å². The average molecular weight is 471 g/mol. The van der Waals surface area contributed by atoms with Crippen molar-refractivity contribution in [2.75, 3.05) is 6.61 Å². The summed E-state index contributed by atoms with van der Waals surface area (Å²) >= 11 is 6.39. The Kier molecular flexibility index (Phi) is 6.86. The van der Waals surface area contributed by atoms with E-state index in [0.29, 0.717) is 17.1 Å². The first kappa shape index (κ1) is 23.1. The van der Waals surface area contributed by atoms with Gasteiger partial charge in [-0.25, -0.2) is 4.98 Å². The van der Waals surface area contributed by atoms with Gasteiger partial charge in [0.2, 0.25) is 5.88 Å². The van der Waals surface area contributed by atoms with Crippen LogP contribution in [0.5, 0.6) is 5.88 Å². The van der Waals surface area contributed by atoms with E-state index in [1.807, 2.05) is 30.3 Å². The fourth-order valence-electron chi connectivity index (χ4n) is 3.69. The molecule has 0 amide bonds. The Bertz CT molecular complexity index is 1240. The number of ether oxygens (including phenoxy) is 1. The number of nitrogens with one attached hydrogen (secondary N) is 1. The number of nitrogens with zero attached hydrogens (tertiary/aromatic N) is 1. The molecule has 1 heterocycles. The number of pyridine rings is 1. The molecule has 0 bridgehead atoms. The average Bonchev–Trinajstić information content (AvgIpc) is 2.81. The summed E-state index contributed by atoms with van der Waals surface area (Å²) in [5, 5.41) is 6.51. The van der Waals surface area contributed by atoms with Crippen molar-refractivity contribution in [3.05, 3.63) is 95.1 Å². The Morgan fingerprint density at radius 2 is 1.79 bits per heavy atom. The predicted molar refractivity (Wildman–Crippen MR) is 125 cm³/mol. The van der Waals surface area contributed by atoms with Gasteiger partial charge in [0.25, 0.3) is 0 Å². The first-order chi connectivity index (χ1) is 15.8. The first-order valence-electron chi connectivity index (χ1n) is 10.5. The highest BCUT2D eigenvalue weighted by Gasteiger charge is 2.28. The van der Waals surface area contributed by atoms with E-state index in [-0.39, 0.29) is 11.9 Å². The molecule has 4 aromatic rings. The lowest BCUT2D eigenvalue weighted by atomic mass is 9.99. The molecule has 0 aliphatic rings. The number of hydrogen-bond donors (Lipinski definition) is 1. The first-order valence-corrected chi connectivity index (χ1v) is 10.8. The third kappa shape index (κ3) is 5.83. The Hall–Kier alpha value is -3.09. The molecule has 7 heteroatoms. The lowest BCUT2D eigenvalue weighted by molar-refractivity contribution is -0.154. The number of hydrogen-bond acceptors (Lipinski definition) is 3. The minimum atomic E-state index is -4.41. The topological polar surface area (TPSA) is 34.1 Å². The molecule has 0 saturated carbocycles. The Morgan fingerprint density at radius 3 is 2.55 bits per heavy atom. The van der Waals surface area contributed by atoms with Crippen molar-refractivity contribution in [2.24, 2.45) is 0 Å². The van der Waals surface area contributed by atoms with Crippen LogP contribution in [0.25, 0.3) is 21.9 Å². The number of rotatable bonds is 7. The van der Waals surface area contributed by atoms with Crippen molar-refractivity contribution in [3.63, 3.8) is 0 Å². The minimum Gasteiger partial charge on any atom is -0.468 e. The Balaban J connectivity index is 1.47. The van der Waals surface area contributed by atoms with Crippen LogP contribution in [-0.4, -0.2) is 17.8 Å². The summed E-state index contributed by atoms with van der Waals surface area (Å²) in [5.41, 5.74) is 3.70. The summed E-state index contributed by atoms with van der Waals surface area (Å²) in [6.07, 6.45) is -2.95. The maximum absolute atomic E-state index is 12.3. The van der Waals surface area contributed by atoms with Gasteiger partial charge in [0.05, 0.1) is 0 Å². The van der Waals surface area contributed by atoms with Crippen molar-refractivity contribution in [1.82, 2.24) is 10.3 Å². The summed E-state index contributed by atoms with van der Waals surface area (Å²) in [4.78, 5) is 3.98. The van der Waals surface area contributed by atoms with Crippen molar-refractivity contribution in [1.29, 1.82) is 0 Å². The number of aromatic nitrogens is 1. The molecule has 0 radical (unpaired) electrons. The van der Waals surface area contributed by atoms with Crippen molar-refractivity contribution < 1.29 is 17.9 Å². The summed E-state index contributed by atoms with van der Waals surface area (Å²) < 4.78 is 41.6. The summed E-state index contributed by atoms with van der Waals surface area (Å²) in [6, 6.07) is 23.5. The maximum atomic E-state index is 12.3. The van der Waals surface area contributed by atoms with Crippen LogP contribution < -0.4 is 10.1 Å². The fourth-order valence-corrected chi connectivity index (χ4v) is 3.92. The summed E-state index contributed by atoms with van der Waals surface area (Å²) in [5.74, 6) is -0.0890. The standard InChI is InChI=1S/C26H22ClF3N2O/c1-17(21-8-4-6-19-5-2-3-7-22(19)21)31-14-18-9-11-24(27)23(13-18)20-10-12-25(32-15-20)33-16-26(28,29)30/h2-13,15,17,31H,14,16H2,1H3/t17-/m1/s1. The molecule has 0 fully saturated rings. The number of alkyl halides is 3. The van der Waals surface area contributed by atoms with Crippen LogP contribution in [0, 0.1) is 0 Å². The van der Waals surface area contributed by atoms with E-state index in [4.69, 9.17) is 11.6 Å². The van der Waals surface area contributed by atoms with Crippen LogP contribution in [0.2, 0.25) is 5.02 Å². The van der Waals surface area contributed by atoms with Crippen molar-refractivity contribution in [2.45, 2.75) is 25.7 Å². The van der Waals surface area contributed by atoms with Gasteiger partial charge in [-0.2, -0.15) is 13.2 Å². The highest BCUT2D eigenvalue weighted by molar-refractivity contribution is 6.33. The molecular weight excluding hydrogens is 449 g/mol. The van der Waals surface area contributed by atoms with Crippen molar-refractivity contribution in [3.8, 4) is 17.0 Å². The quantitative estimate of drug-likeness (QED) is 0.306. The van der Waals surface area contributed by atoms with E-state index in [1.165, 1.54) is 28.6 Å². The van der Waals surface area contributed by atoms with Crippen LogP contribution in [0.4, 0.5) is 13.2 Å². The molecule has 0 spiro atoms. The minimum absolute atomic E-state index is 0.0890. The smallest absolute Gasteiger partial charge is 0.422 e. The van der Waals surface area contributed by atoms with Crippen LogP contribution in [-0.2, 0) is 6.54 Å². The zero-order chi connectivity index (χ0) is 23.4. The van der Waals surface area contributed by atoms with Crippen LogP contribution in [0.15, 0.2) is 79.0 Å². The van der Waals surface area contributed by atoms with E-state index < -0.39 is 12.8 Å². The highest BCUT2D eigenvalue weighted by Crippen LogP contribution is 2.30. The molecule has 0 aliphatic heterocycles. The number of benzene rings is 3. The molecule has 0 aliphatic carbocycles. The van der Waals surface area contributed by atoms with Gasteiger partial charge in [-0.1, -0.05) is 60.1 Å². The van der Waals surface area contributed by atoms with E-state index in [2.05, 4.69) is 52.3 Å². The fraction of sp³-hybridized carbons (Fsp3) is 0.192. The largest absolute Gasteiger partial charge is 0.468 e. The SMILES string of the molecule is C[C@@H](NCc1ccc(Cl)c(-c2ccc(OCC(F)(F)F)nc2)c1)c1cccc2ccccc12. The lowest BCUT2D eigenvalue weighted by Crippen LogP contribution is -2.19. The Morgan fingerprint density at radius 1 is 1.00 bits per heavy atom. The van der Waals surface area contributed by atoms with E-state index >= 15 is 0 Å². The van der Waals surface area contributed by atoms with Gasteiger partial charge >= 0.3 is 6.18 Å². The second kappa shape index (κ2) is 9.81. The molecule has 170 valence electrons. The van der Waals surface area contributed by atoms with Gasteiger partial charge in [0.1, 0.15) is 0 Å². The van der Waals surface area contributed by atoms with Gasteiger partial charge < -0.3 is 10.1 Å². The summed E-state index contributed by atoms with van der Waals surface area (Å²) in [6.45, 7) is 1.37. The summed E-state index contributed by atoms with van der Waals surface area (Å²) in [7, 11) is 0. The molecule has 1 aromatic heterocycles. The van der Waals surface area contributed by atoms with E-state index in [9.17, 15) is 13.2 Å². The highest BCUT2D eigenvalue weighted by atomic mass is 35.5. The number of fused-ring (bicyclic) bond motifs is 1. The Labute approximate surface area is 195 Å². The molecule has 1 atom stereocenters. The third-order valence-electron chi connectivity index (χ3n) is 5.36. The van der Waals surface area contributed by atoms with Gasteiger partial charge in [-0.05, 0) is 47.0 Å². The lowest BCUT2D eigenvalue weighted by Gasteiger charge is -2.17. The van der Waals surface area contributed by atoms with Gasteiger partial charge in [-0.3, -0.25) is 0 Å². The molecule has 0 saturated heterocycles. The van der Waals surface area contributed by atoms with Gasteiger partial charge in [0, 0.05) is 41.0 Å². The van der Waals surface area contributed by atoms with Crippen molar-refractivity contribution >= 4 is 22.4 Å². The molecule has 0 unspecified atom stereocenters. The molecular formula is C26H22ClF3N2O. The zero-order valence-electron chi connectivity index (χ0n) is 17.9. The zero-order valence-corrected chi connectivity index (χ0v) is 18.6. The number of halogens is 4. The monoisotopic (exact) mass is 470 g/mol. The molecule has 1 N–H and O–H groups in total. The van der Waals surface area contributed by atoms with E-state index in [1.54, 1.807) is 6.07 Å². The molecule has 3 nitrogen and oxygen atoms in total. The van der Waals surface area contributed by atoms with Gasteiger partial charge in [-0.15, -0.1) is 0 Å². The van der Waals surface area contributed by atoms with Crippen LogP contribution in [0.1, 0.15) is 24.1 Å². The van der Waals surface area contributed by atoms with Gasteiger partial charge in [0.15, 0.2) is 6.61 Å². The molecule has 4 rings (SSSR count). The normalized spacial score (nSPS) is 12.6. The van der Waals surface area contributed by atoms with E-state index in [0.717, 1.165) is 11.1 Å². The second-order valence-corrected chi connectivity index (χ2v) is 8.18. The van der Waals surface area contributed by atoms with Crippen LogP contribution >= 0.6 is 11.6 Å². The third-order valence-corrected chi connectivity index (χ3v) is 5.69. The predicted octanol–water partition coefficient (Wildman–Crippen LogP) is 7.35.